The Bertz CT molecular complexity index is 377. The van der Waals surface area contributed by atoms with E-state index in [-0.39, 0.29) is 0 Å². The summed E-state index contributed by atoms with van der Waals surface area (Å²) in [6, 6.07) is 3.93. The molecule has 4 nitrogen and oxygen atoms in total. The summed E-state index contributed by atoms with van der Waals surface area (Å²) in [5, 5.41) is 3.52. The van der Waals surface area contributed by atoms with Crippen LogP contribution in [0.5, 0.6) is 0 Å². The number of hydrogen-bond donors (Lipinski definition) is 3. The van der Waals surface area contributed by atoms with E-state index in [9.17, 15) is 0 Å². The number of hydrazine groups is 1. The second-order valence-corrected chi connectivity index (χ2v) is 6.15. The van der Waals surface area contributed by atoms with E-state index in [0.29, 0.717) is 10.6 Å². The Kier molecular flexibility index (Phi) is 4.72. The normalized spacial score (nSPS) is 18.3. The highest BCUT2D eigenvalue weighted by molar-refractivity contribution is 8.00. The monoisotopic (exact) mass is 266 g/mol. The van der Waals surface area contributed by atoms with Gasteiger partial charge in [0.25, 0.3) is 0 Å². The molecule has 18 heavy (non-hydrogen) atoms. The molecule has 4 N–H and O–H groups in total. The Morgan fingerprint density at radius 1 is 1.39 bits per heavy atom. The number of anilines is 2. The lowest BCUT2D eigenvalue weighted by Gasteiger charge is -2.36. The lowest BCUT2D eigenvalue weighted by molar-refractivity contribution is 0.411. The van der Waals surface area contributed by atoms with Crippen molar-refractivity contribution in [2.45, 2.75) is 36.9 Å². The maximum atomic E-state index is 5.37. The first-order valence-electron chi connectivity index (χ1n) is 6.50. The molecule has 1 aromatic heterocycles. The molecule has 100 valence electrons. The fraction of sp³-hybridized carbons (Fsp3) is 0.615. The van der Waals surface area contributed by atoms with Crippen molar-refractivity contribution in [2.24, 2.45) is 5.84 Å². The first-order valence-corrected chi connectivity index (χ1v) is 7.72. The summed E-state index contributed by atoms with van der Waals surface area (Å²) in [4.78, 5) is 4.11. The molecule has 0 amide bonds. The Morgan fingerprint density at radius 2 is 2.17 bits per heavy atom. The van der Waals surface area contributed by atoms with Gasteiger partial charge in [0.15, 0.2) is 0 Å². The number of rotatable bonds is 5. The van der Waals surface area contributed by atoms with E-state index >= 15 is 0 Å². The topological polar surface area (TPSA) is 63.0 Å². The van der Waals surface area contributed by atoms with Crippen LogP contribution >= 0.6 is 11.8 Å². The molecule has 2 rings (SSSR count). The van der Waals surface area contributed by atoms with Crippen molar-refractivity contribution >= 4 is 23.3 Å². The van der Waals surface area contributed by atoms with Crippen molar-refractivity contribution in [2.75, 3.05) is 23.5 Å². The average Bonchev–Trinajstić information content (AvgIpc) is 2.46. The minimum absolute atomic E-state index is 0.401. The van der Waals surface area contributed by atoms with Gasteiger partial charge >= 0.3 is 0 Å². The fourth-order valence-corrected chi connectivity index (χ4v) is 3.45. The molecule has 1 heterocycles. The number of nitrogens with one attached hydrogen (secondary N) is 2. The van der Waals surface area contributed by atoms with Crippen molar-refractivity contribution in [1.82, 2.24) is 4.98 Å². The predicted molar refractivity (Wildman–Crippen MR) is 79.9 cm³/mol. The van der Waals surface area contributed by atoms with E-state index in [1.165, 1.54) is 32.1 Å². The number of aromatic nitrogens is 1. The van der Waals surface area contributed by atoms with Crippen LogP contribution in [-0.2, 0) is 0 Å². The van der Waals surface area contributed by atoms with E-state index < -0.39 is 0 Å². The molecule has 5 heteroatoms. The van der Waals surface area contributed by atoms with Gasteiger partial charge in [-0.15, -0.1) is 0 Å². The minimum atomic E-state index is 0.401. The number of nitrogen functional groups attached to an aromatic ring is 1. The summed E-state index contributed by atoms with van der Waals surface area (Å²) in [5.41, 5.74) is 3.65. The van der Waals surface area contributed by atoms with Gasteiger partial charge in [0.1, 0.15) is 5.82 Å². The molecule has 1 saturated carbocycles. The molecule has 0 unspecified atom stereocenters. The first-order chi connectivity index (χ1) is 8.78. The third-order valence-corrected chi connectivity index (χ3v) is 5.14. The van der Waals surface area contributed by atoms with E-state index in [1.807, 2.05) is 23.9 Å². The summed E-state index contributed by atoms with van der Waals surface area (Å²) in [7, 11) is 0. The van der Waals surface area contributed by atoms with Gasteiger partial charge in [-0.3, -0.25) is 0 Å². The summed E-state index contributed by atoms with van der Waals surface area (Å²) >= 11 is 2.00. The van der Waals surface area contributed by atoms with E-state index in [2.05, 4.69) is 22.0 Å². The van der Waals surface area contributed by atoms with Crippen molar-refractivity contribution in [3.63, 3.8) is 0 Å². The van der Waals surface area contributed by atoms with Gasteiger partial charge in [-0.25, -0.2) is 10.8 Å². The zero-order valence-electron chi connectivity index (χ0n) is 10.9. The highest BCUT2D eigenvalue weighted by Crippen LogP contribution is 2.38. The fourth-order valence-electron chi connectivity index (χ4n) is 2.53. The van der Waals surface area contributed by atoms with Gasteiger partial charge < -0.3 is 10.7 Å². The van der Waals surface area contributed by atoms with E-state index in [1.54, 1.807) is 6.20 Å². The number of hydrogen-bond acceptors (Lipinski definition) is 5. The van der Waals surface area contributed by atoms with Gasteiger partial charge in [0.2, 0.25) is 0 Å². The molecule has 1 aromatic rings. The average molecular weight is 266 g/mol. The summed E-state index contributed by atoms with van der Waals surface area (Å²) in [6.07, 6.45) is 10.7. The first kappa shape index (κ1) is 13.5. The molecule has 1 fully saturated rings. The number of nitrogens with zero attached hydrogens (tertiary/aromatic N) is 1. The van der Waals surface area contributed by atoms with Crippen LogP contribution in [0.15, 0.2) is 18.3 Å². The maximum absolute atomic E-state index is 5.37. The zero-order chi connectivity index (χ0) is 12.8. The van der Waals surface area contributed by atoms with Gasteiger partial charge in [-0.2, -0.15) is 11.8 Å². The van der Waals surface area contributed by atoms with Gasteiger partial charge in [0.05, 0.1) is 0 Å². The van der Waals surface area contributed by atoms with Crippen molar-refractivity contribution < 1.29 is 0 Å². The smallest absolute Gasteiger partial charge is 0.141 e. The lowest BCUT2D eigenvalue weighted by Crippen LogP contribution is -2.35. The Labute approximate surface area is 113 Å². The molecule has 0 atom stereocenters. The van der Waals surface area contributed by atoms with E-state index in [4.69, 9.17) is 5.84 Å². The molecular formula is C13H22N4S. The SMILES string of the molecule is CSC1(CNc2ccnc(NN)c2)CCCCC1. The number of pyridine rings is 1. The van der Waals surface area contributed by atoms with Crippen LogP contribution < -0.4 is 16.6 Å². The standard InChI is InChI=1S/C13H22N4S/c1-18-13(6-3-2-4-7-13)10-16-11-5-8-15-12(9-11)17-14/h5,8-9H,2-4,6-7,10,14H2,1H3,(H2,15,16,17). The maximum Gasteiger partial charge on any atom is 0.141 e. The lowest BCUT2D eigenvalue weighted by atomic mass is 9.88. The molecule has 1 aliphatic carbocycles. The van der Waals surface area contributed by atoms with Crippen molar-refractivity contribution in [3.8, 4) is 0 Å². The molecular weight excluding hydrogens is 244 g/mol. The molecule has 0 bridgehead atoms. The van der Waals surface area contributed by atoms with Crippen LogP contribution in [0, 0.1) is 0 Å². The van der Waals surface area contributed by atoms with Crippen molar-refractivity contribution in [1.29, 1.82) is 0 Å². The highest BCUT2D eigenvalue weighted by Gasteiger charge is 2.30. The summed E-state index contributed by atoms with van der Waals surface area (Å²) in [6.45, 7) is 1.02. The second-order valence-electron chi connectivity index (χ2n) is 4.88. The molecule has 1 aliphatic rings. The van der Waals surface area contributed by atoms with Gasteiger partial charge in [-0.1, -0.05) is 19.3 Å². The quantitative estimate of drug-likeness (QED) is 0.565. The Hall–Kier alpha value is -0.940. The molecule has 0 aromatic carbocycles. The summed E-state index contributed by atoms with van der Waals surface area (Å²) < 4.78 is 0.401. The number of thioether (sulfide) groups is 1. The van der Waals surface area contributed by atoms with Crippen LogP contribution in [0.4, 0.5) is 11.5 Å². The van der Waals surface area contributed by atoms with Crippen molar-refractivity contribution in [3.05, 3.63) is 18.3 Å². The highest BCUT2D eigenvalue weighted by atomic mass is 32.2. The van der Waals surface area contributed by atoms with Gasteiger partial charge in [-0.05, 0) is 25.2 Å². The third kappa shape index (κ3) is 3.29. The van der Waals surface area contributed by atoms with Crippen LogP contribution in [0.3, 0.4) is 0 Å². The molecule has 0 spiro atoms. The second kappa shape index (κ2) is 6.29. The van der Waals surface area contributed by atoms with Gasteiger partial charge in [0, 0.05) is 29.2 Å². The summed E-state index contributed by atoms with van der Waals surface area (Å²) in [5.74, 6) is 6.06. The Morgan fingerprint density at radius 3 is 2.83 bits per heavy atom. The molecule has 0 radical (unpaired) electrons. The molecule has 0 saturated heterocycles. The van der Waals surface area contributed by atoms with Crippen LogP contribution in [0.1, 0.15) is 32.1 Å². The minimum Gasteiger partial charge on any atom is -0.383 e. The molecule has 0 aliphatic heterocycles. The van der Waals surface area contributed by atoms with Crippen LogP contribution in [0.25, 0.3) is 0 Å². The zero-order valence-corrected chi connectivity index (χ0v) is 11.7. The predicted octanol–water partition coefficient (Wildman–Crippen LogP) is 2.85. The van der Waals surface area contributed by atoms with Crippen LogP contribution in [-0.4, -0.2) is 22.5 Å². The third-order valence-electron chi connectivity index (χ3n) is 3.72. The van der Waals surface area contributed by atoms with E-state index in [0.717, 1.165) is 12.2 Å². The Balaban J connectivity index is 1.96. The van der Waals surface area contributed by atoms with Crippen LogP contribution in [0.2, 0.25) is 0 Å². The number of nitrogens with two attached hydrogens (primary N) is 1. The largest absolute Gasteiger partial charge is 0.383 e.